The summed E-state index contributed by atoms with van der Waals surface area (Å²) in [4.78, 5) is 4.12. The van der Waals surface area contributed by atoms with E-state index in [4.69, 9.17) is 5.73 Å². The summed E-state index contributed by atoms with van der Waals surface area (Å²) < 4.78 is 12.7. The van der Waals surface area contributed by atoms with Gasteiger partial charge < -0.3 is 5.73 Å². The zero-order valence-electron chi connectivity index (χ0n) is 8.55. The van der Waals surface area contributed by atoms with Gasteiger partial charge in [-0.05, 0) is 38.8 Å². The third-order valence-corrected chi connectivity index (χ3v) is 3.20. The summed E-state index contributed by atoms with van der Waals surface area (Å²) in [5, 5.41) is 0. The summed E-state index contributed by atoms with van der Waals surface area (Å²) in [6.45, 7) is 4.01. The summed E-state index contributed by atoms with van der Waals surface area (Å²) in [5.74, 6) is -0.292. The Kier molecular flexibility index (Phi) is 1.89. The van der Waals surface area contributed by atoms with Crippen LogP contribution in [0.3, 0.4) is 0 Å². The minimum Gasteiger partial charge on any atom is -0.325 e. The molecule has 0 spiro atoms. The van der Waals surface area contributed by atoms with E-state index in [1.165, 1.54) is 12.3 Å². The maximum Gasteiger partial charge on any atom is 0.141 e. The SMILES string of the molecule is CC(C)(N)C1(c2ccc(F)cn2)CC1. The molecule has 0 aliphatic heterocycles. The van der Waals surface area contributed by atoms with E-state index in [1.54, 1.807) is 6.07 Å². The molecule has 1 heterocycles. The van der Waals surface area contributed by atoms with Crippen molar-refractivity contribution in [3.8, 4) is 0 Å². The maximum absolute atomic E-state index is 12.7. The van der Waals surface area contributed by atoms with E-state index in [2.05, 4.69) is 4.98 Å². The second kappa shape index (κ2) is 2.76. The molecule has 3 heteroatoms. The molecule has 0 unspecified atom stereocenters. The molecule has 2 rings (SSSR count). The van der Waals surface area contributed by atoms with E-state index in [9.17, 15) is 4.39 Å². The van der Waals surface area contributed by atoms with Crippen molar-refractivity contribution in [2.45, 2.75) is 37.6 Å². The molecular weight excluding hydrogens is 179 g/mol. The Balaban J connectivity index is 2.36. The third-order valence-electron chi connectivity index (χ3n) is 3.20. The van der Waals surface area contributed by atoms with Crippen molar-refractivity contribution in [3.05, 3.63) is 29.8 Å². The highest BCUT2D eigenvalue weighted by molar-refractivity contribution is 5.30. The lowest BCUT2D eigenvalue weighted by Gasteiger charge is -2.30. The van der Waals surface area contributed by atoms with Gasteiger partial charge in [0.1, 0.15) is 5.82 Å². The fourth-order valence-electron chi connectivity index (χ4n) is 2.01. The van der Waals surface area contributed by atoms with Crippen molar-refractivity contribution in [2.75, 3.05) is 0 Å². The first kappa shape index (κ1) is 9.59. The van der Waals surface area contributed by atoms with Gasteiger partial charge in [-0.15, -0.1) is 0 Å². The number of halogens is 1. The van der Waals surface area contributed by atoms with E-state index in [0.29, 0.717) is 0 Å². The number of hydrogen-bond acceptors (Lipinski definition) is 2. The monoisotopic (exact) mass is 194 g/mol. The average Bonchev–Trinajstić information content (AvgIpc) is 2.84. The molecule has 0 amide bonds. The molecule has 0 saturated heterocycles. The van der Waals surface area contributed by atoms with Gasteiger partial charge >= 0.3 is 0 Å². The number of nitrogens with zero attached hydrogens (tertiary/aromatic N) is 1. The number of rotatable bonds is 2. The Morgan fingerprint density at radius 2 is 2.07 bits per heavy atom. The topological polar surface area (TPSA) is 38.9 Å². The highest BCUT2D eigenvalue weighted by atomic mass is 19.1. The van der Waals surface area contributed by atoms with Crippen LogP contribution in [0.25, 0.3) is 0 Å². The lowest BCUT2D eigenvalue weighted by Crippen LogP contribution is -2.45. The molecule has 0 bridgehead atoms. The quantitative estimate of drug-likeness (QED) is 0.782. The normalized spacial score (nSPS) is 19.4. The Bertz CT molecular complexity index is 333. The van der Waals surface area contributed by atoms with Gasteiger partial charge in [0, 0.05) is 16.6 Å². The van der Waals surface area contributed by atoms with Gasteiger partial charge in [-0.25, -0.2) is 4.39 Å². The van der Waals surface area contributed by atoms with Gasteiger partial charge in [0.2, 0.25) is 0 Å². The largest absolute Gasteiger partial charge is 0.325 e. The first-order valence-corrected chi connectivity index (χ1v) is 4.87. The van der Waals surface area contributed by atoms with Crippen LogP contribution in [0.15, 0.2) is 18.3 Å². The summed E-state index contributed by atoms with van der Waals surface area (Å²) in [6.07, 6.45) is 3.37. The second-order valence-electron chi connectivity index (χ2n) is 4.67. The van der Waals surface area contributed by atoms with Crippen LogP contribution in [-0.4, -0.2) is 10.5 Å². The molecule has 1 aromatic heterocycles. The van der Waals surface area contributed by atoms with Crippen molar-refractivity contribution in [1.82, 2.24) is 4.98 Å². The van der Waals surface area contributed by atoms with Gasteiger partial charge in [0.15, 0.2) is 0 Å². The van der Waals surface area contributed by atoms with E-state index >= 15 is 0 Å². The van der Waals surface area contributed by atoms with Gasteiger partial charge in [0.05, 0.1) is 6.20 Å². The first-order chi connectivity index (χ1) is 6.46. The predicted molar refractivity (Wildman–Crippen MR) is 53.4 cm³/mol. The van der Waals surface area contributed by atoms with Crippen LogP contribution in [0, 0.1) is 5.82 Å². The van der Waals surface area contributed by atoms with Crippen molar-refractivity contribution in [3.63, 3.8) is 0 Å². The van der Waals surface area contributed by atoms with Crippen LogP contribution in [0.2, 0.25) is 0 Å². The molecule has 0 aromatic carbocycles. The first-order valence-electron chi connectivity index (χ1n) is 4.87. The molecule has 1 fully saturated rings. The predicted octanol–water partition coefficient (Wildman–Crippen LogP) is 1.99. The average molecular weight is 194 g/mol. The van der Waals surface area contributed by atoms with Gasteiger partial charge in [-0.1, -0.05) is 0 Å². The molecule has 2 nitrogen and oxygen atoms in total. The summed E-state index contributed by atoms with van der Waals surface area (Å²) in [7, 11) is 0. The lowest BCUT2D eigenvalue weighted by molar-refractivity contribution is 0.383. The molecule has 1 aliphatic rings. The molecule has 1 saturated carbocycles. The Hall–Kier alpha value is -0.960. The third kappa shape index (κ3) is 1.32. The number of nitrogens with two attached hydrogens (primary N) is 1. The molecule has 0 radical (unpaired) electrons. The highest BCUT2D eigenvalue weighted by Crippen LogP contribution is 2.53. The molecule has 1 aromatic rings. The number of hydrogen-bond donors (Lipinski definition) is 1. The molecule has 2 N–H and O–H groups in total. The van der Waals surface area contributed by atoms with Crippen LogP contribution in [0.4, 0.5) is 4.39 Å². The van der Waals surface area contributed by atoms with Gasteiger partial charge in [-0.2, -0.15) is 0 Å². The molecule has 14 heavy (non-hydrogen) atoms. The zero-order chi connectivity index (χ0) is 10.4. The van der Waals surface area contributed by atoms with Crippen LogP contribution < -0.4 is 5.73 Å². The second-order valence-corrected chi connectivity index (χ2v) is 4.67. The molecule has 0 atom stereocenters. The number of aromatic nitrogens is 1. The van der Waals surface area contributed by atoms with E-state index in [-0.39, 0.29) is 16.8 Å². The summed E-state index contributed by atoms with van der Waals surface area (Å²) in [6, 6.07) is 3.20. The van der Waals surface area contributed by atoms with E-state index in [1.807, 2.05) is 13.8 Å². The number of pyridine rings is 1. The maximum atomic E-state index is 12.7. The van der Waals surface area contributed by atoms with Crippen molar-refractivity contribution >= 4 is 0 Å². The zero-order valence-corrected chi connectivity index (χ0v) is 8.55. The summed E-state index contributed by atoms with van der Waals surface area (Å²) in [5.41, 5.74) is 6.73. The Morgan fingerprint density at radius 1 is 1.43 bits per heavy atom. The molecule has 76 valence electrons. The standard InChI is InChI=1S/C11H15FN2/c1-10(2,13)11(5-6-11)9-4-3-8(12)7-14-9/h3-4,7H,5-6,13H2,1-2H3. The van der Waals surface area contributed by atoms with E-state index < -0.39 is 0 Å². The van der Waals surface area contributed by atoms with Crippen molar-refractivity contribution in [1.29, 1.82) is 0 Å². The van der Waals surface area contributed by atoms with Crippen molar-refractivity contribution < 1.29 is 4.39 Å². The smallest absolute Gasteiger partial charge is 0.141 e. The van der Waals surface area contributed by atoms with Crippen LogP contribution >= 0.6 is 0 Å². The van der Waals surface area contributed by atoms with Crippen molar-refractivity contribution in [2.24, 2.45) is 5.73 Å². The van der Waals surface area contributed by atoms with Crippen LogP contribution in [0.5, 0.6) is 0 Å². The minimum atomic E-state index is -0.292. The van der Waals surface area contributed by atoms with E-state index in [0.717, 1.165) is 18.5 Å². The summed E-state index contributed by atoms with van der Waals surface area (Å²) >= 11 is 0. The fraction of sp³-hybridized carbons (Fsp3) is 0.545. The Labute approximate surface area is 83.3 Å². The molecular formula is C11H15FN2. The fourth-order valence-corrected chi connectivity index (χ4v) is 2.01. The van der Waals surface area contributed by atoms with Gasteiger partial charge in [-0.3, -0.25) is 4.98 Å². The minimum absolute atomic E-state index is 0.0271. The van der Waals surface area contributed by atoms with Gasteiger partial charge in [0.25, 0.3) is 0 Å². The Morgan fingerprint density at radius 3 is 2.43 bits per heavy atom. The molecule has 1 aliphatic carbocycles. The lowest BCUT2D eigenvalue weighted by atomic mass is 9.82. The van der Waals surface area contributed by atoms with Crippen LogP contribution in [-0.2, 0) is 5.41 Å². The van der Waals surface area contributed by atoms with Crippen LogP contribution in [0.1, 0.15) is 32.4 Å². The highest BCUT2D eigenvalue weighted by Gasteiger charge is 2.54.